The van der Waals surface area contributed by atoms with Crippen LogP contribution in [0.5, 0.6) is 0 Å². The van der Waals surface area contributed by atoms with Gasteiger partial charge in [0.05, 0.1) is 16.8 Å². The van der Waals surface area contributed by atoms with Gasteiger partial charge in [0.25, 0.3) is 0 Å². The smallest absolute Gasteiger partial charge is 0.139 e. The van der Waals surface area contributed by atoms with Crippen molar-refractivity contribution in [1.82, 2.24) is 0 Å². The second kappa shape index (κ2) is 12.4. The third-order valence-electron chi connectivity index (χ3n) is 9.44. The lowest BCUT2D eigenvalue weighted by Crippen LogP contribution is -2.18. The zero-order valence-electron chi connectivity index (χ0n) is 27.0. The molecular formula is C46H34N2O. The Morgan fingerprint density at radius 3 is 1.73 bits per heavy atom. The number of rotatable bonds is 7. The van der Waals surface area contributed by atoms with Crippen LogP contribution < -0.4 is 9.80 Å². The maximum absolute atomic E-state index is 6.83. The zero-order valence-corrected chi connectivity index (χ0v) is 27.0. The Morgan fingerprint density at radius 2 is 1.06 bits per heavy atom. The maximum Gasteiger partial charge on any atom is 0.139 e. The number of allylic oxidation sites excluding steroid dienone is 4. The standard InChI is InChI=1S/C46H34N2O/c1-5-15-33(16-6-1)34-25-27-40(28-26-34)48(39-23-11-4-12-24-39)43-31-41(47(37-19-7-2-8-20-37)38-21-9-3-10-22-38)32-45-46(43)42-29-35-17-13-14-18-36(35)30-44(42)49-45/h1-9,11-21,23-32H,10,22H2. The fourth-order valence-corrected chi connectivity index (χ4v) is 7.13. The number of benzene rings is 7. The van der Waals surface area contributed by atoms with Crippen molar-refractivity contribution in [3.8, 4) is 11.1 Å². The summed E-state index contributed by atoms with van der Waals surface area (Å²) in [4.78, 5) is 4.76. The Labute approximate surface area is 286 Å². The summed E-state index contributed by atoms with van der Waals surface area (Å²) in [5, 5.41) is 4.54. The maximum atomic E-state index is 6.83. The molecular weight excluding hydrogens is 597 g/mol. The second-order valence-corrected chi connectivity index (χ2v) is 12.5. The van der Waals surface area contributed by atoms with Crippen molar-refractivity contribution in [1.29, 1.82) is 0 Å². The van der Waals surface area contributed by atoms with Gasteiger partial charge in [0, 0.05) is 34.2 Å². The van der Waals surface area contributed by atoms with E-state index < -0.39 is 0 Å². The number of hydrogen-bond acceptors (Lipinski definition) is 3. The highest BCUT2D eigenvalue weighted by Crippen LogP contribution is 2.47. The predicted molar refractivity (Wildman–Crippen MR) is 206 cm³/mol. The van der Waals surface area contributed by atoms with Gasteiger partial charge in [-0.1, -0.05) is 115 Å². The quantitative estimate of drug-likeness (QED) is 0.175. The van der Waals surface area contributed by atoms with E-state index in [1.54, 1.807) is 0 Å². The molecule has 234 valence electrons. The number of para-hydroxylation sites is 2. The lowest BCUT2D eigenvalue weighted by Gasteiger charge is -2.31. The first-order valence-electron chi connectivity index (χ1n) is 16.9. The van der Waals surface area contributed by atoms with Crippen molar-refractivity contribution in [3.05, 3.63) is 188 Å². The third-order valence-corrected chi connectivity index (χ3v) is 9.44. The van der Waals surface area contributed by atoms with E-state index in [1.807, 2.05) is 0 Å². The summed E-state index contributed by atoms with van der Waals surface area (Å²) in [5.41, 5.74) is 10.8. The minimum atomic E-state index is 0.854. The van der Waals surface area contributed by atoms with Gasteiger partial charge >= 0.3 is 0 Å². The second-order valence-electron chi connectivity index (χ2n) is 12.5. The molecule has 3 nitrogen and oxygen atoms in total. The highest BCUT2D eigenvalue weighted by molar-refractivity contribution is 6.17. The van der Waals surface area contributed by atoms with E-state index in [9.17, 15) is 0 Å². The SMILES string of the molecule is C1=CCCC(N(c2ccccc2)c2cc(N(c3ccccc3)c3ccc(-c4ccccc4)cc3)c3c(c2)oc2cc4ccccc4cc23)=C1. The zero-order chi connectivity index (χ0) is 32.6. The summed E-state index contributed by atoms with van der Waals surface area (Å²) < 4.78 is 6.83. The van der Waals surface area contributed by atoms with Crippen molar-refractivity contribution in [2.45, 2.75) is 12.8 Å². The molecule has 0 radical (unpaired) electrons. The minimum Gasteiger partial charge on any atom is -0.456 e. The molecule has 0 aliphatic heterocycles. The Balaban J connectivity index is 1.34. The summed E-state index contributed by atoms with van der Waals surface area (Å²) in [6.45, 7) is 0. The number of furan rings is 1. The van der Waals surface area contributed by atoms with Crippen molar-refractivity contribution in [3.63, 3.8) is 0 Å². The van der Waals surface area contributed by atoms with E-state index >= 15 is 0 Å². The van der Waals surface area contributed by atoms with Crippen LogP contribution in [0.3, 0.4) is 0 Å². The molecule has 1 aliphatic rings. The molecule has 0 bridgehead atoms. The normalized spacial score (nSPS) is 12.8. The molecule has 0 amide bonds. The Kier molecular flexibility index (Phi) is 7.29. The van der Waals surface area contributed by atoms with Crippen LogP contribution in [0.25, 0.3) is 43.8 Å². The van der Waals surface area contributed by atoms with Gasteiger partial charge in [0.1, 0.15) is 11.2 Å². The van der Waals surface area contributed by atoms with Crippen molar-refractivity contribution in [2.24, 2.45) is 0 Å². The lowest BCUT2D eigenvalue weighted by atomic mass is 10.0. The monoisotopic (exact) mass is 630 g/mol. The molecule has 1 aliphatic carbocycles. The van der Waals surface area contributed by atoms with Gasteiger partial charge in [-0.15, -0.1) is 0 Å². The van der Waals surface area contributed by atoms with Crippen LogP contribution in [0, 0.1) is 0 Å². The van der Waals surface area contributed by atoms with Crippen LogP contribution in [-0.2, 0) is 0 Å². The first-order chi connectivity index (χ1) is 24.3. The molecule has 9 rings (SSSR count). The number of nitrogens with zero attached hydrogens (tertiary/aromatic N) is 2. The van der Waals surface area contributed by atoms with E-state index in [0.717, 1.165) is 68.6 Å². The highest BCUT2D eigenvalue weighted by atomic mass is 16.3. The molecule has 1 heterocycles. The van der Waals surface area contributed by atoms with Gasteiger partial charge < -0.3 is 14.2 Å². The lowest BCUT2D eigenvalue weighted by molar-refractivity contribution is 0.669. The average molecular weight is 631 g/mol. The summed E-state index contributed by atoms with van der Waals surface area (Å²) in [7, 11) is 0. The van der Waals surface area contributed by atoms with Gasteiger partial charge in [-0.05, 0) is 95.4 Å². The molecule has 7 aromatic carbocycles. The van der Waals surface area contributed by atoms with Crippen LogP contribution in [0.15, 0.2) is 192 Å². The topological polar surface area (TPSA) is 19.6 Å². The summed E-state index contributed by atoms with van der Waals surface area (Å²) in [5.74, 6) is 0. The van der Waals surface area contributed by atoms with E-state index in [2.05, 4.69) is 192 Å². The van der Waals surface area contributed by atoms with Gasteiger partial charge in [-0.3, -0.25) is 0 Å². The first kappa shape index (κ1) is 28.9. The Hall–Kier alpha value is -6.32. The van der Waals surface area contributed by atoms with Crippen LogP contribution in [0.2, 0.25) is 0 Å². The van der Waals surface area contributed by atoms with E-state index in [0.29, 0.717) is 0 Å². The minimum absolute atomic E-state index is 0.854. The third kappa shape index (κ3) is 5.36. The van der Waals surface area contributed by atoms with Gasteiger partial charge in [-0.2, -0.15) is 0 Å². The summed E-state index contributed by atoms with van der Waals surface area (Å²) >= 11 is 0. The van der Waals surface area contributed by atoms with E-state index in [-0.39, 0.29) is 0 Å². The Bertz CT molecular complexity index is 2480. The fraction of sp³-hybridized carbons (Fsp3) is 0.0435. The van der Waals surface area contributed by atoms with Crippen molar-refractivity contribution in [2.75, 3.05) is 9.80 Å². The van der Waals surface area contributed by atoms with Crippen LogP contribution in [0.1, 0.15) is 12.8 Å². The number of hydrogen-bond donors (Lipinski definition) is 0. The molecule has 8 aromatic rings. The van der Waals surface area contributed by atoms with Crippen LogP contribution >= 0.6 is 0 Å². The fourth-order valence-electron chi connectivity index (χ4n) is 7.13. The first-order valence-corrected chi connectivity index (χ1v) is 16.9. The molecule has 0 N–H and O–H groups in total. The Morgan fingerprint density at radius 1 is 0.469 bits per heavy atom. The molecule has 0 fully saturated rings. The average Bonchev–Trinajstić information content (AvgIpc) is 3.53. The van der Waals surface area contributed by atoms with Gasteiger partial charge in [0.2, 0.25) is 0 Å². The molecule has 0 spiro atoms. The summed E-state index contributed by atoms with van der Waals surface area (Å²) in [6.07, 6.45) is 8.61. The van der Waals surface area contributed by atoms with E-state index in [1.165, 1.54) is 22.2 Å². The molecule has 1 aromatic heterocycles. The molecule has 0 saturated heterocycles. The predicted octanol–water partition coefficient (Wildman–Crippen LogP) is 13.2. The molecule has 49 heavy (non-hydrogen) atoms. The van der Waals surface area contributed by atoms with Crippen molar-refractivity contribution >= 4 is 61.1 Å². The molecule has 0 saturated carbocycles. The summed E-state index contributed by atoms with van der Waals surface area (Å²) in [6, 6.07) is 58.3. The van der Waals surface area contributed by atoms with Crippen LogP contribution in [0.4, 0.5) is 28.4 Å². The van der Waals surface area contributed by atoms with E-state index in [4.69, 9.17) is 4.42 Å². The van der Waals surface area contributed by atoms with Crippen LogP contribution in [-0.4, -0.2) is 0 Å². The largest absolute Gasteiger partial charge is 0.456 e. The van der Waals surface area contributed by atoms with Crippen molar-refractivity contribution < 1.29 is 4.42 Å². The molecule has 0 atom stereocenters. The number of anilines is 5. The molecule has 3 heteroatoms. The molecule has 0 unspecified atom stereocenters. The number of fused-ring (bicyclic) bond motifs is 4. The van der Waals surface area contributed by atoms with Gasteiger partial charge in [-0.25, -0.2) is 0 Å². The van der Waals surface area contributed by atoms with Gasteiger partial charge in [0.15, 0.2) is 0 Å². The highest BCUT2D eigenvalue weighted by Gasteiger charge is 2.24.